The first kappa shape index (κ1) is 25.0. The van der Waals surface area contributed by atoms with Gasteiger partial charge >= 0.3 is 0 Å². The molecule has 30 heavy (non-hydrogen) atoms. The molecule has 0 aliphatic heterocycles. The molecule has 0 saturated carbocycles. The number of benzene rings is 2. The van der Waals surface area contributed by atoms with Crippen LogP contribution in [-0.2, 0) is 10.8 Å². The molecule has 0 amide bonds. The van der Waals surface area contributed by atoms with Crippen molar-refractivity contribution in [3.63, 3.8) is 0 Å². The van der Waals surface area contributed by atoms with E-state index >= 15 is 0 Å². The molecule has 10 heteroatoms. The molecule has 9 nitrogen and oxygen atoms in total. The molecule has 0 atom stereocenters. The van der Waals surface area contributed by atoms with E-state index in [0.29, 0.717) is 16.1 Å². The summed E-state index contributed by atoms with van der Waals surface area (Å²) in [6, 6.07) is 8.47. The first-order valence-electron chi connectivity index (χ1n) is 8.94. The van der Waals surface area contributed by atoms with Crippen LogP contribution in [0.15, 0.2) is 36.4 Å². The van der Waals surface area contributed by atoms with Gasteiger partial charge in [0.05, 0.1) is 31.4 Å². The van der Waals surface area contributed by atoms with Crippen LogP contribution in [-0.4, -0.2) is 14.8 Å². The number of hydrogen-bond acceptors (Lipinski definition) is 6. The van der Waals surface area contributed by atoms with Crippen molar-refractivity contribution < 1.29 is 14.8 Å². The Hall–Kier alpha value is -3.07. The highest BCUT2D eigenvalue weighted by molar-refractivity contribution is 6.31. The van der Waals surface area contributed by atoms with Crippen molar-refractivity contribution in [1.29, 1.82) is 0 Å². The number of rotatable bonds is 3. The molecule has 0 spiro atoms. The van der Waals surface area contributed by atoms with E-state index in [2.05, 4.69) is 0 Å². The Bertz CT molecular complexity index is 977. The zero-order valence-electron chi connectivity index (χ0n) is 17.6. The largest absolute Gasteiger partial charge is 0.279 e. The van der Waals surface area contributed by atoms with Crippen LogP contribution in [0.4, 0.5) is 17.1 Å². The molecular formula is C20H24ClN3O6. The second kappa shape index (κ2) is 9.17. The molecule has 2 aromatic carbocycles. The Morgan fingerprint density at radius 2 is 1.27 bits per heavy atom. The summed E-state index contributed by atoms with van der Waals surface area (Å²) in [4.78, 5) is 30.5. The lowest BCUT2D eigenvalue weighted by molar-refractivity contribution is -0.394. The summed E-state index contributed by atoms with van der Waals surface area (Å²) in [6.07, 6.45) is 0. The van der Waals surface area contributed by atoms with Crippen LogP contribution < -0.4 is 0 Å². The number of nitro benzene ring substituents is 3. The van der Waals surface area contributed by atoms with Crippen molar-refractivity contribution in [2.24, 2.45) is 0 Å². The van der Waals surface area contributed by atoms with Gasteiger partial charge in [-0.3, -0.25) is 30.3 Å². The second-order valence-corrected chi connectivity index (χ2v) is 9.01. The minimum atomic E-state index is -0.639. The van der Waals surface area contributed by atoms with E-state index in [1.807, 2.05) is 41.5 Å². The van der Waals surface area contributed by atoms with Gasteiger partial charge < -0.3 is 0 Å². The van der Waals surface area contributed by atoms with Crippen LogP contribution in [0.3, 0.4) is 0 Å². The number of hydrogen-bond donors (Lipinski definition) is 0. The van der Waals surface area contributed by atoms with E-state index in [1.54, 1.807) is 12.1 Å². The quantitative estimate of drug-likeness (QED) is 0.406. The van der Waals surface area contributed by atoms with Crippen LogP contribution in [0.1, 0.15) is 52.7 Å². The fourth-order valence-corrected chi connectivity index (χ4v) is 3.28. The van der Waals surface area contributed by atoms with Crippen LogP contribution >= 0.6 is 11.6 Å². The topological polar surface area (TPSA) is 129 Å². The molecule has 0 unspecified atom stereocenters. The van der Waals surface area contributed by atoms with Gasteiger partial charge in [0.25, 0.3) is 17.1 Å². The van der Waals surface area contributed by atoms with Gasteiger partial charge in [-0.15, -0.1) is 0 Å². The van der Waals surface area contributed by atoms with Gasteiger partial charge in [0.2, 0.25) is 0 Å². The maximum Gasteiger partial charge on any atom is 0.279 e. The summed E-state index contributed by atoms with van der Waals surface area (Å²) >= 11 is 5.95. The van der Waals surface area contributed by atoms with Crippen molar-refractivity contribution >= 4 is 28.7 Å². The number of nitro groups is 3. The zero-order chi connectivity index (χ0) is 23.4. The summed E-state index contributed by atoms with van der Waals surface area (Å²) in [5.74, 6) is 0. The van der Waals surface area contributed by atoms with Crippen LogP contribution in [0.25, 0.3) is 0 Å². The standard InChI is InChI=1S/C10H12ClNO2.C10H12N2O4/c1-10(2,3)9-7(11)5-4-6-8(9)12(13)14;1-10(2,3)8-5-4-7(11(13)14)6-9(8)12(15)16/h4-6H,1-3H3;4-6H,1-3H3. The highest BCUT2D eigenvalue weighted by atomic mass is 35.5. The Balaban J connectivity index is 0.000000303. The van der Waals surface area contributed by atoms with Gasteiger partial charge in [-0.05, 0) is 23.0 Å². The average molecular weight is 438 g/mol. The Labute approximate surface area is 179 Å². The highest BCUT2D eigenvalue weighted by Gasteiger charge is 2.28. The van der Waals surface area contributed by atoms with Crippen molar-refractivity contribution in [1.82, 2.24) is 0 Å². The molecular weight excluding hydrogens is 414 g/mol. The second-order valence-electron chi connectivity index (χ2n) is 8.61. The van der Waals surface area contributed by atoms with Gasteiger partial charge in [0, 0.05) is 17.7 Å². The molecule has 162 valence electrons. The summed E-state index contributed by atoms with van der Waals surface area (Å²) in [5, 5.41) is 32.6. The first-order chi connectivity index (χ1) is 13.6. The fourth-order valence-electron chi connectivity index (χ4n) is 2.83. The van der Waals surface area contributed by atoms with Crippen molar-refractivity contribution in [3.05, 3.63) is 82.9 Å². The summed E-state index contributed by atoms with van der Waals surface area (Å²) in [7, 11) is 0. The van der Waals surface area contributed by atoms with Crippen molar-refractivity contribution in [2.45, 2.75) is 52.4 Å². The average Bonchev–Trinajstić information content (AvgIpc) is 2.59. The number of nitrogens with zero attached hydrogens (tertiary/aromatic N) is 3. The third-order valence-electron chi connectivity index (χ3n) is 4.14. The lowest BCUT2D eigenvalue weighted by Crippen LogP contribution is -2.14. The smallest absolute Gasteiger partial charge is 0.258 e. The molecule has 0 aliphatic rings. The lowest BCUT2D eigenvalue weighted by atomic mass is 9.86. The summed E-state index contributed by atoms with van der Waals surface area (Å²) in [6.45, 7) is 11.2. The van der Waals surface area contributed by atoms with Crippen molar-refractivity contribution in [2.75, 3.05) is 0 Å². The van der Waals surface area contributed by atoms with Crippen molar-refractivity contribution in [3.8, 4) is 0 Å². The van der Waals surface area contributed by atoms with Gasteiger partial charge in [-0.2, -0.15) is 0 Å². The molecule has 2 rings (SSSR count). The van der Waals surface area contributed by atoms with E-state index in [0.717, 1.165) is 6.07 Å². The SMILES string of the molecule is CC(C)(C)c1c(Cl)cccc1[N+](=O)[O-].CC(C)(C)c1ccc([N+](=O)[O-])cc1[N+](=O)[O-]. The Kier molecular flexibility index (Phi) is 7.63. The van der Waals surface area contributed by atoms with Gasteiger partial charge in [0.1, 0.15) is 0 Å². The molecule has 0 N–H and O–H groups in total. The van der Waals surface area contributed by atoms with E-state index in [1.165, 1.54) is 18.2 Å². The third kappa shape index (κ3) is 6.21. The molecule has 0 aromatic heterocycles. The predicted octanol–water partition coefficient (Wildman–Crippen LogP) is 6.35. The third-order valence-corrected chi connectivity index (χ3v) is 4.45. The monoisotopic (exact) mass is 437 g/mol. The number of halogens is 1. The predicted molar refractivity (Wildman–Crippen MR) is 115 cm³/mol. The van der Waals surface area contributed by atoms with Gasteiger partial charge in [-0.25, -0.2) is 0 Å². The molecule has 0 radical (unpaired) electrons. The van der Waals surface area contributed by atoms with Gasteiger partial charge in [-0.1, -0.05) is 59.2 Å². The normalized spacial score (nSPS) is 11.3. The summed E-state index contributed by atoms with van der Waals surface area (Å²) < 4.78 is 0. The Morgan fingerprint density at radius 3 is 1.63 bits per heavy atom. The molecule has 0 aliphatic carbocycles. The van der Waals surface area contributed by atoms with Crippen LogP contribution in [0, 0.1) is 30.3 Å². The first-order valence-corrected chi connectivity index (χ1v) is 9.32. The molecule has 0 bridgehead atoms. The fraction of sp³-hybridized carbons (Fsp3) is 0.400. The highest BCUT2D eigenvalue weighted by Crippen LogP contribution is 2.36. The zero-order valence-corrected chi connectivity index (χ0v) is 18.4. The van der Waals surface area contributed by atoms with Crippen LogP contribution in [0.5, 0.6) is 0 Å². The molecule has 0 saturated heterocycles. The van der Waals surface area contributed by atoms with E-state index < -0.39 is 20.2 Å². The number of non-ortho nitro benzene ring substituents is 1. The summed E-state index contributed by atoms with van der Waals surface area (Å²) in [5.41, 5.74) is -0.0423. The minimum Gasteiger partial charge on any atom is -0.258 e. The molecule has 2 aromatic rings. The van der Waals surface area contributed by atoms with E-state index in [4.69, 9.17) is 11.6 Å². The maximum atomic E-state index is 10.8. The van der Waals surface area contributed by atoms with Crippen LogP contribution in [0.2, 0.25) is 5.02 Å². The Morgan fingerprint density at radius 1 is 0.733 bits per heavy atom. The molecule has 0 fully saturated rings. The van der Waals surface area contributed by atoms with E-state index in [9.17, 15) is 30.3 Å². The van der Waals surface area contributed by atoms with Gasteiger partial charge in [0.15, 0.2) is 0 Å². The minimum absolute atomic E-state index is 0.0880. The lowest BCUT2D eigenvalue weighted by Gasteiger charge is -2.19. The maximum absolute atomic E-state index is 10.8. The van der Waals surface area contributed by atoms with E-state index in [-0.39, 0.29) is 22.5 Å². The molecule has 0 heterocycles.